The van der Waals surface area contributed by atoms with Crippen molar-refractivity contribution >= 4 is 16.8 Å². The Morgan fingerprint density at radius 2 is 1.86 bits per heavy atom. The Morgan fingerprint density at radius 1 is 1.05 bits per heavy atom. The van der Waals surface area contributed by atoms with E-state index in [1.54, 1.807) is 29.9 Å². The number of aromatic nitrogens is 5. The van der Waals surface area contributed by atoms with Crippen LogP contribution in [-0.4, -0.2) is 24.1 Å². The number of hydrogen-bond donors (Lipinski definition) is 0. The fraction of sp³-hybridized carbons (Fsp3) is 0.0667. The molecule has 4 rings (SSSR count). The summed E-state index contributed by atoms with van der Waals surface area (Å²) in [5, 5.41) is 5.02. The molecule has 0 unspecified atom stereocenters. The first-order valence-corrected chi connectivity index (χ1v) is 6.51. The van der Waals surface area contributed by atoms with E-state index in [2.05, 4.69) is 15.1 Å². The third kappa shape index (κ3) is 1.66. The molecule has 3 aromatic heterocycles. The minimum atomic E-state index is -0.127. The van der Waals surface area contributed by atoms with Crippen LogP contribution >= 0.6 is 0 Å². The van der Waals surface area contributed by atoms with Gasteiger partial charge in [-0.25, -0.2) is 4.98 Å². The van der Waals surface area contributed by atoms with Gasteiger partial charge in [0, 0.05) is 18.8 Å². The molecule has 21 heavy (non-hydrogen) atoms. The molecule has 0 aliphatic heterocycles. The number of aryl methyl sites for hydroxylation is 1. The molecule has 0 saturated carbocycles. The van der Waals surface area contributed by atoms with E-state index in [-0.39, 0.29) is 5.56 Å². The Balaban J connectivity index is 2.15. The predicted octanol–water partition coefficient (Wildman–Crippen LogP) is 1.64. The Bertz CT molecular complexity index is 1020. The van der Waals surface area contributed by atoms with Crippen LogP contribution in [0.15, 0.2) is 53.5 Å². The van der Waals surface area contributed by atoms with Gasteiger partial charge < -0.3 is 0 Å². The van der Waals surface area contributed by atoms with Crippen molar-refractivity contribution in [2.45, 2.75) is 0 Å². The molecule has 0 atom stereocenters. The lowest BCUT2D eigenvalue weighted by Gasteiger charge is -2.02. The fourth-order valence-electron chi connectivity index (χ4n) is 2.38. The highest BCUT2D eigenvalue weighted by Crippen LogP contribution is 2.17. The molecule has 102 valence electrons. The van der Waals surface area contributed by atoms with E-state index in [0.717, 1.165) is 5.56 Å². The highest BCUT2D eigenvalue weighted by atomic mass is 16.1. The Morgan fingerprint density at radius 3 is 2.67 bits per heavy atom. The third-order valence-electron chi connectivity index (χ3n) is 3.44. The summed E-state index contributed by atoms with van der Waals surface area (Å²) < 4.78 is 3.10. The van der Waals surface area contributed by atoms with Gasteiger partial charge in [-0.3, -0.25) is 9.36 Å². The Hall–Kier alpha value is -3.02. The van der Waals surface area contributed by atoms with Crippen molar-refractivity contribution in [2.75, 3.05) is 0 Å². The van der Waals surface area contributed by atoms with E-state index in [4.69, 9.17) is 0 Å². The molecule has 0 saturated heterocycles. The molecule has 6 heteroatoms. The van der Waals surface area contributed by atoms with Crippen molar-refractivity contribution in [3.8, 4) is 11.4 Å². The van der Waals surface area contributed by atoms with Crippen LogP contribution in [0.25, 0.3) is 28.2 Å². The van der Waals surface area contributed by atoms with Gasteiger partial charge in [0.15, 0.2) is 11.5 Å². The van der Waals surface area contributed by atoms with Gasteiger partial charge in [-0.05, 0) is 12.1 Å². The van der Waals surface area contributed by atoms with Crippen molar-refractivity contribution in [3.05, 3.63) is 59.0 Å². The lowest BCUT2D eigenvalue weighted by atomic mass is 10.2. The summed E-state index contributed by atoms with van der Waals surface area (Å²) >= 11 is 0. The molecule has 0 N–H and O–H groups in total. The van der Waals surface area contributed by atoms with Crippen LogP contribution in [0.1, 0.15) is 0 Å². The fourth-order valence-corrected chi connectivity index (χ4v) is 2.38. The van der Waals surface area contributed by atoms with Crippen LogP contribution in [0, 0.1) is 0 Å². The van der Waals surface area contributed by atoms with Gasteiger partial charge in [-0.1, -0.05) is 30.3 Å². The van der Waals surface area contributed by atoms with Crippen molar-refractivity contribution in [1.29, 1.82) is 0 Å². The van der Waals surface area contributed by atoms with E-state index in [1.807, 2.05) is 30.3 Å². The van der Waals surface area contributed by atoms with Crippen LogP contribution < -0.4 is 5.56 Å². The third-order valence-corrected chi connectivity index (χ3v) is 3.44. The van der Waals surface area contributed by atoms with Crippen LogP contribution in [0.3, 0.4) is 0 Å². The number of rotatable bonds is 1. The predicted molar refractivity (Wildman–Crippen MR) is 79.0 cm³/mol. The topological polar surface area (TPSA) is 65.1 Å². The number of hydrogen-bond acceptors (Lipinski definition) is 4. The molecule has 6 nitrogen and oxygen atoms in total. The molecular weight excluding hydrogens is 266 g/mol. The van der Waals surface area contributed by atoms with Crippen LogP contribution in [0.4, 0.5) is 0 Å². The van der Waals surface area contributed by atoms with E-state index in [1.165, 1.54) is 4.57 Å². The highest BCUT2D eigenvalue weighted by Gasteiger charge is 2.14. The minimum Gasteiger partial charge on any atom is -0.279 e. The maximum atomic E-state index is 12.3. The van der Waals surface area contributed by atoms with Crippen molar-refractivity contribution in [3.63, 3.8) is 0 Å². The Labute approximate surface area is 119 Å². The van der Waals surface area contributed by atoms with Crippen LogP contribution in [0.2, 0.25) is 0 Å². The molecule has 4 aromatic rings. The summed E-state index contributed by atoms with van der Waals surface area (Å²) in [5.74, 6) is 1.05. The number of pyridine rings is 1. The second kappa shape index (κ2) is 4.24. The second-order valence-corrected chi connectivity index (χ2v) is 4.75. The standard InChI is InChI=1S/C15H11N5O/c1-19-14(21)11-8-5-9-16-13(11)20-15(19)17-12(18-20)10-6-3-2-4-7-10/h2-9H,1H3. The van der Waals surface area contributed by atoms with Gasteiger partial charge in [0.25, 0.3) is 5.56 Å². The summed E-state index contributed by atoms with van der Waals surface area (Å²) in [7, 11) is 1.69. The molecule has 0 radical (unpaired) electrons. The lowest BCUT2D eigenvalue weighted by Crippen LogP contribution is -2.20. The van der Waals surface area contributed by atoms with Gasteiger partial charge >= 0.3 is 0 Å². The van der Waals surface area contributed by atoms with Crippen molar-refractivity contribution in [2.24, 2.45) is 7.05 Å². The van der Waals surface area contributed by atoms with Gasteiger partial charge in [0.2, 0.25) is 5.78 Å². The largest absolute Gasteiger partial charge is 0.279 e. The first-order valence-electron chi connectivity index (χ1n) is 6.51. The van der Waals surface area contributed by atoms with Gasteiger partial charge in [0.1, 0.15) is 0 Å². The molecule has 0 amide bonds. The smallest absolute Gasteiger partial charge is 0.264 e. The second-order valence-electron chi connectivity index (χ2n) is 4.75. The van der Waals surface area contributed by atoms with Gasteiger partial charge in [0.05, 0.1) is 5.39 Å². The van der Waals surface area contributed by atoms with Gasteiger partial charge in [-0.2, -0.15) is 9.50 Å². The monoisotopic (exact) mass is 277 g/mol. The molecule has 3 heterocycles. The van der Waals surface area contributed by atoms with Crippen molar-refractivity contribution in [1.82, 2.24) is 24.1 Å². The SMILES string of the molecule is Cn1c(=O)c2cccnc2n2nc(-c3ccccc3)nc12. The zero-order valence-electron chi connectivity index (χ0n) is 11.3. The normalized spacial score (nSPS) is 11.3. The van der Waals surface area contributed by atoms with Gasteiger partial charge in [-0.15, -0.1) is 5.10 Å². The molecular formula is C15H11N5O. The maximum Gasteiger partial charge on any atom is 0.264 e. The van der Waals surface area contributed by atoms with Crippen LogP contribution in [0.5, 0.6) is 0 Å². The first kappa shape index (κ1) is 11.8. The average molecular weight is 277 g/mol. The number of benzene rings is 1. The molecule has 1 aromatic carbocycles. The number of nitrogens with zero attached hydrogens (tertiary/aromatic N) is 5. The lowest BCUT2D eigenvalue weighted by molar-refractivity contribution is 0.834. The summed E-state index contributed by atoms with van der Waals surface area (Å²) in [5.41, 5.74) is 1.29. The molecule has 0 bridgehead atoms. The van der Waals surface area contributed by atoms with E-state index < -0.39 is 0 Å². The zero-order chi connectivity index (χ0) is 14.4. The summed E-state index contributed by atoms with van der Waals surface area (Å²) in [6, 6.07) is 13.1. The quantitative estimate of drug-likeness (QED) is 0.530. The summed E-state index contributed by atoms with van der Waals surface area (Å²) in [4.78, 5) is 21.1. The molecule has 0 spiro atoms. The molecule has 0 fully saturated rings. The van der Waals surface area contributed by atoms with E-state index >= 15 is 0 Å². The zero-order valence-corrected chi connectivity index (χ0v) is 11.3. The molecule has 0 aliphatic rings. The average Bonchev–Trinajstić information content (AvgIpc) is 2.99. The Kier molecular flexibility index (Phi) is 2.38. The maximum absolute atomic E-state index is 12.3. The summed E-state index contributed by atoms with van der Waals surface area (Å²) in [6.45, 7) is 0. The van der Waals surface area contributed by atoms with Crippen molar-refractivity contribution < 1.29 is 0 Å². The van der Waals surface area contributed by atoms with E-state index in [0.29, 0.717) is 22.6 Å². The molecule has 0 aliphatic carbocycles. The highest BCUT2D eigenvalue weighted by molar-refractivity contribution is 5.76. The summed E-state index contributed by atoms with van der Waals surface area (Å²) in [6.07, 6.45) is 1.64. The number of fused-ring (bicyclic) bond motifs is 3. The van der Waals surface area contributed by atoms with E-state index in [9.17, 15) is 4.79 Å². The van der Waals surface area contributed by atoms with Crippen LogP contribution in [-0.2, 0) is 7.05 Å². The first-order chi connectivity index (χ1) is 10.3. The minimum absolute atomic E-state index is 0.127.